The zero-order valence-corrected chi connectivity index (χ0v) is 9.53. The Kier molecular flexibility index (Phi) is 14.7. The van der Waals surface area contributed by atoms with Crippen molar-refractivity contribution in [3.8, 4) is 0 Å². The van der Waals surface area contributed by atoms with Crippen LogP contribution in [0.5, 0.6) is 0 Å². The third-order valence-electron chi connectivity index (χ3n) is 0.135. The van der Waals surface area contributed by atoms with Crippen molar-refractivity contribution in [3.63, 3.8) is 0 Å². The van der Waals surface area contributed by atoms with E-state index in [4.69, 9.17) is 32.5 Å². The molecule has 0 bridgehead atoms. The van der Waals surface area contributed by atoms with Crippen molar-refractivity contribution in [2.75, 3.05) is 6.61 Å². The monoisotopic (exact) mass is 212 g/mol. The molecule has 0 atom stereocenters. The predicted molar refractivity (Wildman–Crippen MR) is 27.0 cm³/mol. The van der Waals surface area contributed by atoms with Crippen LogP contribution in [-0.2, 0) is 15.2 Å². The average Bonchev–Trinajstić information content (AvgIpc) is 1.61. The number of carbonyl (C=O) groups is 1. The second-order valence-corrected chi connectivity index (χ2v) is 1.84. The van der Waals surface area contributed by atoms with E-state index in [0.29, 0.717) is 0 Å². The van der Waals surface area contributed by atoms with Gasteiger partial charge in [-0.3, -0.25) is 4.55 Å². The summed E-state index contributed by atoms with van der Waals surface area (Å²) in [5.74, 6) is -1.19. The van der Waals surface area contributed by atoms with Crippen molar-refractivity contribution in [1.82, 2.24) is 0 Å². The molecule has 0 rings (SSSR count). The van der Waals surface area contributed by atoms with Gasteiger partial charge in [0.15, 0.2) is 0 Å². The number of carboxylic acid groups (broad SMARTS) is 1. The Labute approximate surface area is 105 Å². The van der Waals surface area contributed by atoms with Gasteiger partial charge in [0.25, 0.3) is 0 Å². The average molecular weight is 212 g/mol. The van der Waals surface area contributed by atoms with Crippen molar-refractivity contribution in [1.29, 1.82) is 0 Å². The molecule has 0 aliphatic heterocycles. The molecule has 0 aliphatic carbocycles. The van der Waals surface area contributed by atoms with E-state index in [1.807, 2.05) is 0 Å². The van der Waals surface area contributed by atoms with Gasteiger partial charge in [-0.25, -0.2) is 13.2 Å². The van der Waals surface area contributed by atoms with Gasteiger partial charge in [0.1, 0.15) is 6.61 Å². The Morgan fingerprint density at radius 3 is 1.55 bits per heavy atom. The molecule has 7 nitrogen and oxygen atoms in total. The molecule has 0 amide bonds. The molecular weight excluding hydrogens is 207 g/mol. The smallest absolute Gasteiger partial charge is 0.726 e. The first kappa shape index (κ1) is 17.9. The number of hydrogen-bond donors (Lipinski definition) is 3. The molecule has 3 N–H and O–H groups in total. The van der Waals surface area contributed by atoms with Gasteiger partial charge in [-0.2, -0.15) is 0 Å². The van der Waals surface area contributed by atoms with Crippen LogP contribution < -0.4 is 51.4 Å². The fourth-order valence-electron chi connectivity index (χ4n) is 0. The SMILES string of the molecule is O=C(O)CO.O=S(=O)([O-])O.[K+]. The zero-order valence-electron chi connectivity index (χ0n) is 5.59. The van der Waals surface area contributed by atoms with Crippen LogP contribution in [0.1, 0.15) is 0 Å². The van der Waals surface area contributed by atoms with Crippen molar-refractivity contribution in [2.24, 2.45) is 0 Å². The van der Waals surface area contributed by atoms with Crippen LogP contribution >= 0.6 is 0 Å². The topological polar surface area (TPSA) is 135 Å². The fourth-order valence-corrected chi connectivity index (χ4v) is 0. The van der Waals surface area contributed by atoms with Gasteiger partial charge in [-0.15, -0.1) is 0 Å². The van der Waals surface area contributed by atoms with Gasteiger partial charge in [0.2, 0.25) is 10.4 Å². The number of aliphatic hydroxyl groups excluding tert-OH is 1. The molecule has 9 heteroatoms. The maximum atomic E-state index is 9.12. The molecule has 0 saturated carbocycles. The molecule has 0 unspecified atom stereocenters. The Hall–Kier alpha value is 0.936. The van der Waals surface area contributed by atoms with Crippen molar-refractivity contribution < 1.29 is 83.9 Å². The van der Waals surface area contributed by atoms with Gasteiger partial charge >= 0.3 is 57.4 Å². The molecule has 0 aromatic carbocycles. The van der Waals surface area contributed by atoms with Gasteiger partial charge in [-0.1, -0.05) is 0 Å². The Morgan fingerprint density at radius 1 is 1.45 bits per heavy atom. The van der Waals surface area contributed by atoms with Crippen molar-refractivity contribution in [3.05, 3.63) is 0 Å². The molecule has 0 aromatic heterocycles. The van der Waals surface area contributed by atoms with Crippen LogP contribution in [0.2, 0.25) is 0 Å². The summed E-state index contributed by atoms with van der Waals surface area (Å²) in [5.41, 5.74) is 0. The largest absolute Gasteiger partial charge is 1.00 e. The Bertz CT molecular complexity index is 175. The standard InChI is InChI=1S/C2H4O3.K.H2O4S/c3-1-2(4)5;;1-5(2,3)4/h3H,1H2,(H,4,5);;(H2,1,2,3,4)/q;+1;/p-1. The summed E-state index contributed by atoms with van der Waals surface area (Å²) in [6.45, 7) is -0.778. The normalized spacial score (nSPS) is 8.64. The van der Waals surface area contributed by atoms with E-state index in [1.165, 1.54) is 0 Å². The first-order valence-electron chi connectivity index (χ1n) is 1.78. The summed E-state index contributed by atoms with van der Waals surface area (Å²) in [6, 6.07) is 0. The minimum absolute atomic E-state index is 0. The van der Waals surface area contributed by atoms with Gasteiger partial charge in [0, 0.05) is 0 Å². The molecule has 62 valence electrons. The minimum Gasteiger partial charge on any atom is -0.726 e. The van der Waals surface area contributed by atoms with Crippen LogP contribution in [0.15, 0.2) is 0 Å². The second-order valence-electron chi connectivity index (χ2n) is 0.980. The van der Waals surface area contributed by atoms with Crippen LogP contribution in [0.25, 0.3) is 0 Å². The number of hydrogen-bond acceptors (Lipinski definition) is 5. The third-order valence-corrected chi connectivity index (χ3v) is 0.135. The summed E-state index contributed by atoms with van der Waals surface area (Å²) >= 11 is 0. The predicted octanol–water partition coefficient (Wildman–Crippen LogP) is -4.93. The van der Waals surface area contributed by atoms with Gasteiger partial charge in [0.05, 0.1) is 0 Å². The molecule has 0 spiro atoms. The van der Waals surface area contributed by atoms with E-state index in [9.17, 15) is 0 Å². The molecule has 0 heterocycles. The first-order valence-corrected chi connectivity index (χ1v) is 3.15. The zero-order chi connectivity index (χ0) is 8.78. The van der Waals surface area contributed by atoms with Crippen LogP contribution in [0.3, 0.4) is 0 Å². The second kappa shape index (κ2) is 9.03. The minimum atomic E-state index is -4.92. The molecule has 0 radical (unpaired) electrons. The molecule has 0 fully saturated rings. The van der Waals surface area contributed by atoms with E-state index < -0.39 is 23.0 Å². The Balaban J connectivity index is -0.000000107. The third kappa shape index (κ3) is 101. The molecule has 0 aliphatic rings. The van der Waals surface area contributed by atoms with Crippen molar-refractivity contribution in [2.45, 2.75) is 0 Å². The summed E-state index contributed by atoms with van der Waals surface area (Å²) in [4.78, 5) is 9.12. The van der Waals surface area contributed by atoms with E-state index in [2.05, 4.69) is 0 Å². The maximum absolute atomic E-state index is 9.12. The number of rotatable bonds is 1. The summed E-state index contributed by atoms with van der Waals surface area (Å²) in [6.07, 6.45) is 0. The molecule has 11 heavy (non-hydrogen) atoms. The number of aliphatic hydroxyl groups is 1. The fraction of sp³-hybridized carbons (Fsp3) is 0.500. The first-order chi connectivity index (χ1) is 4.27. The van der Waals surface area contributed by atoms with E-state index in [0.717, 1.165) is 0 Å². The molecule has 0 saturated heterocycles. The molecular formula is C2H5KO7S. The van der Waals surface area contributed by atoms with Crippen LogP contribution in [0.4, 0.5) is 0 Å². The molecule has 0 aromatic rings. The van der Waals surface area contributed by atoms with E-state index >= 15 is 0 Å². The summed E-state index contributed by atoms with van der Waals surface area (Å²) in [7, 11) is -4.92. The quantitative estimate of drug-likeness (QED) is 0.225. The maximum Gasteiger partial charge on any atom is 1.00 e. The number of carboxylic acids is 1. The van der Waals surface area contributed by atoms with Crippen LogP contribution in [0, 0.1) is 0 Å². The van der Waals surface area contributed by atoms with Crippen LogP contribution in [-0.4, -0.2) is 40.3 Å². The van der Waals surface area contributed by atoms with E-state index in [1.54, 1.807) is 0 Å². The van der Waals surface area contributed by atoms with Crippen molar-refractivity contribution >= 4 is 16.4 Å². The summed E-state index contributed by atoms with van der Waals surface area (Å²) in [5, 5.41) is 15.0. The van der Waals surface area contributed by atoms with Gasteiger partial charge in [-0.05, 0) is 0 Å². The summed E-state index contributed by atoms with van der Waals surface area (Å²) < 4.78 is 32.8. The number of aliphatic carboxylic acids is 1. The Morgan fingerprint density at radius 2 is 1.55 bits per heavy atom. The van der Waals surface area contributed by atoms with E-state index in [-0.39, 0.29) is 51.4 Å². The van der Waals surface area contributed by atoms with Gasteiger partial charge < -0.3 is 14.8 Å².